The number of nitrogens with one attached hydrogen (secondary N) is 1. The van der Waals surface area contributed by atoms with E-state index in [1.807, 2.05) is 72.5 Å². The molecule has 1 saturated heterocycles. The van der Waals surface area contributed by atoms with Gasteiger partial charge in [0.2, 0.25) is 0 Å². The highest BCUT2D eigenvalue weighted by molar-refractivity contribution is 5.98. The molecule has 5 rings (SSSR count). The van der Waals surface area contributed by atoms with Gasteiger partial charge in [0.05, 0.1) is 38.3 Å². The van der Waals surface area contributed by atoms with Gasteiger partial charge in [0.25, 0.3) is 5.91 Å². The van der Waals surface area contributed by atoms with Crippen molar-refractivity contribution in [1.82, 2.24) is 14.4 Å². The van der Waals surface area contributed by atoms with Gasteiger partial charge in [0, 0.05) is 49.7 Å². The average Bonchev–Trinajstić information content (AvgIpc) is 3.38. The minimum atomic E-state index is -0.243. The molecule has 0 bridgehead atoms. The Bertz CT molecular complexity index is 1540. The molecule has 2 heterocycles. The first-order valence-corrected chi connectivity index (χ1v) is 13.4. The number of rotatable bonds is 7. The zero-order valence-corrected chi connectivity index (χ0v) is 23.7. The third kappa shape index (κ3) is 5.70. The van der Waals surface area contributed by atoms with E-state index < -0.39 is 0 Å². The summed E-state index contributed by atoms with van der Waals surface area (Å²) in [6.45, 7) is 3.65. The number of aromatic nitrogens is 1. The molecule has 212 valence electrons. The lowest BCUT2D eigenvalue weighted by Gasteiger charge is -2.34. The van der Waals surface area contributed by atoms with Crippen LogP contribution in [-0.4, -0.2) is 73.8 Å². The summed E-state index contributed by atoms with van der Waals surface area (Å²) in [5, 5.41) is 2.91. The molecule has 9 nitrogen and oxygen atoms in total. The van der Waals surface area contributed by atoms with E-state index >= 15 is 0 Å². The average molecular weight is 555 g/mol. The first kappa shape index (κ1) is 27.6. The maximum atomic E-state index is 13.8. The molecule has 1 N–H and O–H groups in total. The normalized spacial score (nSPS) is 13.1. The Kier molecular flexibility index (Phi) is 8.14. The van der Waals surface area contributed by atoms with Crippen LogP contribution >= 0.6 is 0 Å². The molecule has 0 atom stereocenters. The largest absolute Gasteiger partial charge is 0.497 e. The molecule has 0 aliphatic carbocycles. The van der Waals surface area contributed by atoms with E-state index in [0.29, 0.717) is 48.9 Å². The molecule has 4 aromatic rings. The van der Waals surface area contributed by atoms with Crippen molar-refractivity contribution in [2.24, 2.45) is 0 Å². The summed E-state index contributed by atoms with van der Waals surface area (Å²) in [7, 11) is 4.76. The first-order chi connectivity index (χ1) is 19.9. The number of hydrogen-bond donors (Lipinski definition) is 1. The third-order valence-corrected chi connectivity index (χ3v) is 7.36. The van der Waals surface area contributed by atoms with Crippen LogP contribution in [-0.2, 0) is 0 Å². The van der Waals surface area contributed by atoms with Gasteiger partial charge < -0.3 is 33.9 Å². The standard InChI is InChI=1S/C32H34N4O5/c1-22-27(21-29(23-9-6-5-7-10-23)36(22)24-11-8-12-25(19-24)39-2)31(37)34-15-17-35(18-16-34)32(38)33-28-14-13-26(40-3)20-30(28)41-4/h5-14,19-21H,15-18H2,1-4H3,(H,33,38). The van der Waals surface area contributed by atoms with E-state index in [-0.39, 0.29) is 11.9 Å². The number of hydrogen-bond acceptors (Lipinski definition) is 5. The smallest absolute Gasteiger partial charge is 0.322 e. The van der Waals surface area contributed by atoms with Gasteiger partial charge >= 0.3 is 6.03 Å². The highest BCUT2D eigenvalue weighted by Gasteiger charge is 2.28. The Morgan fingerprint density at radius 3 is 2.10 bits per heavy atom. The number of benzene rings is 3. The van der Waals surface area contributed by atoms with Crippen molar-refractivity contribution < 1.29 is 23.8 Å². The Hall–Kier alpha value is -4.92. The van der Waals surface area contributed by atoms with E-state index in [9.17, 15) is 9.59 Å². The molecule has 0 unspecified atom stereocenters. The molecular formula is C32H34N4O5. The molecule has 1 fully saturated rings. The van der Waals surface area contributed by atoms with Crippen molar-refractivity contribution in [1.29, 1.82) is 0 Å². The number of methoxy groups -OCH3 is 3. The van der Waals surface area contributed by atoms with Crippen LogP contribution in [0.5, 0.6) is 17.2 Å². The lowest BCUT2D eigenvalue weighted by atomic mass is 10.1. The van der Waals surface area contributed by atoms with Crippen molar-refractivity contribution in [2.75, 3.05) is 52.8 Å². The van der Waals surface area contributed by atoms with Crippen molar-refractivity contribution in [3.63, 3.8) is 0 Å². The van der Waals surface area contributed by atoms with E-state index in [2.05, 4.69) is 9.88 Å². The molecular weight excluding hydrogens is 520 g/mol. The number of nitrogens with zero attached hydrogens (tertiary/aromatic N) is 3. The second-order valence-electron chi connectivity index (χ2n) is 9.71. The Balaban J connectivity index is 1.34. The van der Waals surface area contributed by atoms with E-state index in [4.69, 9.17) is 14.2 Å². The minimum Gasteiger partial charge on any atom is -0.497 e. The monoisotopic (exact) mass is 554 g/mol. The Morgan fingerprint density at radius 1 is 0.732 bits per heavy atom. The van der Waals surface area contributed by atoms with Gasteiger partial charge in [0.15, 0.2) is 0 Å². The molecule has 0 radical (unpaired) electrons. The Labute approximate surface area is 239 Å². The number of anilines is 1. The van der Waals surface area contributed by atoms with Gasteiger partial charge in [-0.05, 0) is 42.8 Å². The number of carbonyl (C=O) groups excluding carboxylic acids is 2. The number of carbonyl (C=O) groups is 2. The molecule has 1 aromatic heterocycles. The van der Waals surface area contributed by atoms with Crippen LogP contribution in [0, 0.1) is 6.92 Å². The van der Waals surface area contributed by atoms with Gasteiger partial charge in [-0.2, -0.15) is 0 Å². The fraction of sp³-hybridized carbons (Fsp3) is 0.250. The fourth-order valence-electron chi connectivity index (χ4n) is 5.11. The van der Waals surface area contributed by atoms with Crippen LogP contribution < -0.4 is 19.5 Å². The van der Waals surface area contributed by atoms with Crippen molar-refractivity contribution in [3.05, 3.63) is 90.1 Å². The summed E-state index contributed by atoms with van der Waals surface area (Å²) >= 11 is 0. The molecule has 0 spiro atoms. The van der Waals surface area contributed by atoms with Crippen LogP contribution in [0.15, 0.2) is 78.9 Å². The number of urea groups is 1. The third-order valence-electron chi connectivity index (χ3n) is 7.36. The molecule has 9 heteroatoms. The minimum absolute atomic E-state index is 0.0572. The fourth-order valence-corrected chi connectivity index (χ4v) is 5.11. The number of amides is 3. The zero-order valence-electron chi connectivity index (χ0n) is 23.7. The topological polar surface area (TPSA) is 85.3 Å². The predicted octanol–water partition coefficient (Wildman–Crippen LogP) is 5.47. The lowest BCUT2D eigenvalue weighted by molar-refractivity contribution is 0.0671. The lowest BCUT2D eigenvalue weighted by Crippen LogP contribution is -2.51. The zero-order chi connectivity index (χ0) is 28.9. The summed E-state index contributed by atoms with van der Waals surface area (Å²) in [4.78, 5) is 30.4. The summed E-state index contributed by atoms with van der Waals surface area (Å²) in [6, 6.07) is 24.8. The molecule has 1 aliphatic heterocycles. The van der Waals surface area contributed by atoms with Gasteiger partial charge in [-0.15, -0.1) is 0 Å². The van der Waals surface area contributed by atoms with Crippen molar-refractivity contribution >= 4 is 17.6 Å². The van der Waals surface area contributed by atoms with Crippen molar-refractivity contribution in [3.8, 4) is 34.2 Å². The van der Waals surface area contributed by atoms with Crippen LogP contribution in [0.3, 0.4) is 0 Å². The maximum absolute atomic E-state index is 13.8. The second kappa shape index (κ2) is 12.1. The van der Waals surface area contributed by atoms with Gasteiger partial charge in [-0.25, -0.2) is 4.79 Å². The Morgan fingerprint density at radius 2 is 1.41 bits per heavy atom. The van der Waals surface area contributed by atoms with Crippen LogP contribution in [0.25, 0.3) is 16.9 Å². The predicted molar refractivity (Wildman–Crippen MR) is 159 cm³/mol. The highest BCUT2D eigenvalue weighted by Crippen LogP contribution is 2.32. The highest BCUT2D eigenvalue weighted by atomic mass is 16.5. The SMILES string of the molecule is COc1cccc(-n2c(-c3ccccc3)cc(C(=O)N3CCN(C(=O)Nc4ccc(OC)cc4OC)CC3)c2C)c1. The molecule has 3 amide bonds. The summed E-state index contributed by atoms with van der Waals surface area (Å²) in [5.41, 5.74) is 4.87. The van der Waals surface area contributed by atoms with Crippen molar-refractivity contribution in [2.45, 2.75) is 6.92 Å². The van der Waals surface area contributed by atoms with E-state index in [1.54, 1.807) is 44.4 Å². The van der Waals surface area contributed by atoms with Gasteiger partial charge in [0.1, 0.15) is 17.2 Å². The molecule has 1 aliphatic rings. The van der Waals surface area contributed by atoms with E-state index in [0.717, 1.165) is 28.4 Å². The molecule has 41 heavy (non-hydrogen) atoms. The molecule has 3 aromatic carbocycles. The van der Waals surface area contributed by atoms with Gasteiger partial charge in [-0.3, -0.25) is 4.79 Å². The second-order valence-corrected chi connectivity index (χ2v) is 9.71. The van der Waals surface area contributed by atoms with Crippen LogP contribution in [0.4, 0.5) is 10.5 Å². The summed E-state index contributed by atoms with van der Waals surface area (Å²) in [6.07, 6.45) is 0. The maximum Gasteiger partial charge on any atom is 0.322 e. The quantitative estimate of drug-likeness (QED) is 0.328. The van der Waals surface area contributed by atoms with Crippen LogP contribution in [0.1, 0.15) is 16.1 Å². The first-order valence-electron chi connectivity index (χ1n) is 13.4. The number of ether oxygens (including phenoxy) is 3. The van der Waals surface area contributed by atoms with E-state index in [1.165, 1.54) is 0 Å². The number of piperazine rings is 1. The summed E-state index contributed by atoms with van der Waals surface area (Å²) < 4.78 is 18.2. The van der Waals surface area contributed by atoms with Gasteiger partial charge in [-0.1, -0.05) is 36.4 Å². The summed E-state index contributed by atoms with van der Waals surface area (Å²) in [5.74, 6) is 1.83. The molecule has 0 saturated carbocycles. The van der Waals surface area contributed by atoms with Crippen LogP contribution in [0.2, 0.25) is 0 Å².